The van der Waals surface area contributed by atoms with E-state index in [1.807, 2.05) is 36.0 Å². The summed E-state index contributed by atoms with van der Waals surface area (Å²) in [6.45, 7) is 1.79. The van der Waals surface area contributed by atoms with Gasteiger partial charge in [-0.25, -0.2) is 4.79 Å². The van der Waals surface area contributed by atoms with Crippen LogP contribution < -0.4 is 18.9 Å². The zero-order valence-corrected chi connectivity index (χ0v) is 19.7. The van der Waals surface area contributed by atoms with Crippen molar-refractivity contribution in [2.45, 2.75) is 6.92 Å². The molecule has 35 heavy (non-hydrogen) atoms. The van der Waals surface area contributed by atoms with E-state index in [-0.39, 0.29) is 17.3 Å². The van der Waals surface area contributed by atoms with Crippen LogP contribution in [0.25, 0.3) is 17.0 Å². The molecule has 0 unspecified atom stereocenters. The number of ether oxygens (including phenoxy) is 4. The number of aromatic nitrogens is 1. The van der Waals surface area contributed by atoms with E-state index in [9.17, 15) is 9.59 Å². The number of methoxy groups -OCH3 is 2. The second kappa shape index (κ2) is 8.68. The van der Waals surface area contributed by atoms with Crippen LogP contribution in [0.3, 0.4) is 0 Å². The van der Waals surface area contributed by atoms with E-state index in [4.69, 9.17) is 18.9 Å². The van der Waals surface area contributed by atoms with Crippen molar-refractivity contribution in [1.82, 2.24) is 4.57 Å². The minimum Gasteiger partial charge on any atom is -0.497 e. The van der Waals surface area contributed by atoms with Crippen LogP contribution >= 0.6 is 0 Å². The molecule has 2 heterocycles. The Balaban J connectivity index is 1.45. The molecule has 5 rings (SSSR count). The molecule has 0 amide bonds. The van der Waals surface area contributed by atoms with Crippen molar-refractivity contribution in [2.75, 3.05) is 14.2 Å². The Labute approximate surface area is 202 Å². The number of allylic oxidation sites excluding steroid dienone is 1. The van der Waals surface area contributed by atoms with Crippen LogP contribution in [0.2, 0.25) is 0 Å². The molecule has 0 saturated heterocycles. The first-order chi connectivity index (χ1) is 16.9. The van der Waals surface area contributed by atoms with Gasteiger partial charge in [0, 0.05) is 35.8 Å². The molecule has 7 heteroatoms. The van der Waals surface area contributed by atoms with E-state index in [0.29, 0.717) is 28.2 Å². The second-order valence-electron chi connectivity index (χ2n) is 8.25. The Morgan fingerprint density at radius 3 is 2.51 bits per heavy atom. The number of fused-ring (bicyclic) bond motifs is 2. The number of Topliss-reactive ketones (excluding diaryl/α,β-unsaturated/α-hetero) is 1. The van der Waals surface area contributed by atoms with Gasteiger partial charge in [-0.1, -0.05) is 6.07 Å². The Hall–Kier alpha value is -4.52. The Bertz CT molecular complexity index is 1530. The number of nitrogens with zero attached hydrogens (tertiary/aromatic N) is 1. The molecule has 4 aromatic rings. The van der Waals surface area contributed by atoms with Gasteiger partial charge in [-0.15, -0.1) is 0 Å². The van der Waals surface area contributed by atoms with Crippen LogP contribution in [0.4, 0.5) is 0 Å². The fourth-order valence-corrected chi connectivity index (χ4v) is 4.24. The largest absolute Gasteiger partial charge is 0.497 e. The third-order valence-corrected chi connectivity index (χ3v) is 5.97. The van der Waals surface area contributed by atoms with Gasteiger partial charge in [0.25, 0.3) is 0 Å². The van der Waals surface area contributed by atoms with E-state index in [1.165, 1.54) is 7.11 Å². The molecule has 0 spiro atoms. The molecule has 1 aliphatic rings. The normalized spacial score (nSPS) is 13.6. The summed E-state index contributed by atoms with van der Waals surface area (Å²) in [6.07, 6.45) is 3.66. The summed E-state index contributed by atoms with van der Waals surface area (Å²) in [7, 11) is 5.09. The van der Waals surface area contributed by atoms with Crippen LogP contribution in [0.1, 0.15) is 31.8 Å². The zero-order valence-electron chi connectivity index (χ0n) is 19.7. The third-order valence-electron chi connectivity index (χ3n) is 5.97. The summed E-state index contributed by atoms with van der Waals surface area (Å²) >= 11 is 0. The first kappa shape index (κ1) is 22.3. The molecule has 0 aliphatic carbocycles. The third kappa shape index (κ3) is 4.01. The molecule has 0 N–H and O–H groups in total. The number of rotatable bonds is 5. The van der Waals surface area contributed by atoms with E-state index in [2.05, 4.69) is 0 Å². The van der Waals surface area contributed by atoms with Crippen molar-refractivity contribution in [3.05, 3.63) is 88.8 Å². The lowest BCUT2D eigenvalue weighted by Gasteiger charge is -2.08. The first-order valence-electron chi connectivity index (χ1n) is 11.0. The summed E-state index contributed by atoms with van der Waals surface area (Å²) in [5, 5.41) is 0.941. The maximum atomic E-state index is 13.2. The molecule has 176 valence electrons. The topological polar surface area (TPSA) is 76.0 Å². The zero-order chi connectivity index (χ0) is 24.7. The number of benzene rings is 3. The van der Waals surface area contributed by atoms with Crippen LogP contribution in [0, 0.1) is 6.92 Å². The second-order valence-corrected chi connectivity index (χ2v) is 8.25. The smallest absolute Gasteiger partial charge is 0.343 e. The Morgan fingerprint density at radius 2 is 1.74 bits per heavy atom. The van der Waals surface area contributed by atoms with Gasteiger partial charge in [0.05, 0.1) is 25.3 Å². The van der Waals surface area contributed by atoms with Gasteiger partial charge < -0.3 is 23.5 Å². The average Bonchev–Trinajstić information content (AvgIpc) is 3.34. The highest BCUT2D eigenvalue weighted by Crippen LogP contribution is 2.38. The Morgan fingerprint density at radius 1 is 0.971 bits per heavy atom. The molecule has 0 atom stereocenters. The Kier molecular flexibility index (Phi) is 5.53. The summed E-state index contributed by atoms with van der Waals surface area (Å²) in [4.78, 5) is 25.8. The fourth-order valence-electron chi connectivity index (χ4n) is 4.24. The number of hydrogen-bond donors (Lipinski definition) is 0. The molecule has 0 saturated carbocycles. The van der Waals surface area contributed by atoms with Gasteiger partial charge >= 0.3 is 5.97 Å². The van der Waals surface area contributed by atoms with Crippen LogP contribution in [-0.2, 0) is 7.05 Å². The van der Waals surface area contributed by atoms with Crippen molar-refractivity contribution in [3.63, 3.8) is 0 Å². The lowest BCUT2D eigenvalue weighted by atomic mass is 10.0. The van der Waals surface area contributed by atoms with Crippen molar-refractivity contribution < 1.29 is 28.5 Å². The number of hydrogen-bond acceptors (Lipinski definition) is 6. The highest BCUT2D eigenvalue weighted by molar-refractivity contribution is 6.16. The number of aryl methyl sites for hydroxylation is 2. The van der Waals surface area contributed by atoms with Gasteiger partial charge in [0.1, 0.15) is 23.0 Å². The number of esters is 1. The monoisotopic (exact) mass is 469 g/mol. The number of carbonyl (C=O) groups excluding carboxylic acids is 2. The van der Waals surface area contributed by atoms with Gasteiger partial charge in [-0.05, 0) is 61.0 Å². The summed E-state index contributed by atoms with van der Waals surface area (Å²) in [6, 6.07) is 15.7. The molecule has 3 aromatic carbocycles. The predicted octanol–water partition coefficient (Wildman–Crippen LogP) is 5.34. The molecule has 0 bridgehead atoms. The molecule has 1 aliphatic heterocycles. The minimum absolute atomic E-state index is 0.203. The van der Waals surface area contributed by atoms with Crippen LogP contribution in [0.15, 0.2) is 66.6 Å². The van der Waals surface area contributed by atoms with E-state index >= 15 is 0 Å². The molecular formula is C28H23NO6. The summed E-state index contributed by atoms with van der Waals surface area (Å²) < 4.78 is 24.0. The first-order valence-corrected chi connectivity index (χ1v) is 11.0. The minimum atomic E-state index is -0.534. The van der Waals surface area contributed by atoms with E-state index in [1.54, 1.807) is 56.5 Å². The van der Waals surface area contributed by atoms with Gasteiger partial charge in [-0.2, -0.15) is 0 Å². The maximum absolute atomic E-state index is 13.2. The predicted molar refractivity (Wildman–Crippen MR) is 132 cm³/mol. The molecule has 7 nitrogen and oxygen atoms in total. The standard InChI is InChI=1S/C28H23NO6/c1-16-10-21(34-28(31)17-6-5-7-19(11-17)32-3)14-24-26(16)27(30)25(35-24)12-18-15-29(2)23-9-8-20(33-4)13-22(18)23/h5-15H,1-4H3/b25-12-. The van der Waals surface area contributed by atoms with Crippen molar-refractivity contribution >= 4 is 28.7 Å². The van der Waals surface area contributed by atoms with Crippen LogP contribution in [0.5, 0.6) is 23.0 Å². The van der Waals surface area contributed by atoms with Crippen molar-refractivity contribution in [1.29, 1.82) is 0 Å². The highest BCUT2D eigenvalue weighted by atomic mass is 16.5. The molecule has 0 fully saturated rings. The SMILES string of the molecule is COc1cccc(C(=O)Oc2cc(C)c3c(c2)O/C(=C\c2cn(C)c4ccc(OC)cc24)C3=O)c1. The summed E-state index contributed by atoms with van der Waals surface area (Å²) in [5.41, 5.74) is 3.30. The molecule has 1 aromatic heterocycles. The van der Waals surface area contributed by atoms with Gasteiger partial charge in [-0.3, -0.25) is 4.79 Å². The van der Waals surface area contributed by atoms with Gasteiger partial charge in [0.2, 0.25) is 5.78 Å². The van der Waals surface area contributed by atoms with Crippen LogP contribution in [-0.4, -0.2) is 30.5 Å². The lowest BCUT2D eigenvalue weighted by molar-refractivity contribution is 0.0734. The maximum Gasteiger partial charge on any atom is 0.343 e. The molecule has 0 radical (unpaired) electrons. The highest BCUT2D eigenvalue weighted by Gasteiger charge is 2.30. The quantitative estimate of drug-likeness (QED) is 0.223. The number of carbonyl (C=O) groups is 2. The van der Waals surface area contributed by atoms with E-state index < -0.39 is 5.97 Å². The average molecular weight is 469 g/mol. The van der Waals surface area contributed by atoms with E-state index in [0.717, 1.165) is 22.2 Å². The summed E-state index contributed by atoms with van der Waals surface area (Å²) in [5.74, 6) is 1.37. The van der Waals surface area contributed by atoms with Crippen molar-refractivity contribution in [3.8, 4) is 23.0 Å². The van der Waals surface area contributed by atoms with Crippen molar-refractivity contribution in [2.24, 2.45) is 7.05 Å². The lowest BCUT2D eigenvalue weighted by Crippen LogP contribution is -2.09. The molecular weight excluding hydrogens is 446 g/mol. The number of ketones is 1. The van der Waals surface area contributed by atoms with Gasteiger partial charge in [0.15, 0.2) is 5.76 Å². The fraction of sp³-hybridized carbons (Fsp3) is 0.143.